The number of rotatable bonds is 4. The molecule has 1 fully saturated rings. The predicted molar refractivity (Wildman–Crippen MR) is 117 cm³/mol. The van der Waals surface area contributed by atoms with Crippen molar-refractivity contribution in [3.63, 3.8) is 0 Å². The van der Waals surface area contributed by atoms with Gasteiger partial charge in [0.2, 0.25) is 0 Å². The van der Waals surface area contributed by atoms with Crippen molar-refractivity contribution >= 4 is 5.91 Å². The maximum absolute atomic E-state index is 13.4. The minimum atomic E-state index is -4.39. The Morgan fingerprint density at radius 1 is 1.15 bits per heavy atom. The summed E-state index contributed by atoms with van der Waals surface area (Å²) in [6.07, 6.45) is -3.32. The number of aromatic nitrogens is 1. The number of alkyl halides is 3. The lowest BCUT2D eigenvalue weighted by Crippen LogP contribution is -2.56. The highest BCUT2D eigenvalue weighted by Crippen LogP contribution is 2.40. The molecule has 2 aromatic rings. The third kappa shape index (κ3) is 4.12. The van der Waals surface area contributed by atoms with Crippen LogP contribution in [0, 0.1) is 0 Å². The van der Waals surface area contributed by atoms with E-state index in [1.54, 1.807) is 23.1 Å². The van der Waals surface area contributed by atoms with Gasteiger partial charge >= 0.3 is 6.18 Å². The number of hydrogen-bond acceptors (Lipinski definition) is 4. The summed E-state index contributed by atoms with van der Waals surface area (Å²) in [7, 11) is 1.53. The molecule has 0 aliphatic carbocycles. The molecule has 0 atom stereocenters. The van der Waals surface area contributed by atoms with Gasteiger partial charge in [-0.25, -0.2) is 0 Å². The number of ether oxygens (including phenoxy) is 1. The van der Waals surface area contributed by atoms with E-state index in [2.05, 4.69) is 5.32 Å². The number of benzene rings is 1. The van der Waals surface area contributed by atoms with Crippen LogP contribution < -0.4 is 10.1 Å². The highest BCUT2D eigenvalue weighted by atomic mass is 19.4. The number of hydrogen-bond donors (Lipinski definition) is 2. The number of piperidine rings is 1. The SMILES string of the molecule is COc1cc(C(=O)N2CCC3(CC2)NCCn2c(C(F)(F)F)ccc23)ccc1C(C)(C)CO. The molecule has 0 radical (unpaired) electrons. The molecule has 4 rings (SSSR count). The largest absolute Gasteiger partial charge is 0.496 e. The first-order valence-electron chi connectivity index (χ1n) is 11.1. The van der Waals surface area contributed by atoms with Gasteiger partial charge in [-0.3, -0.25) is 4.79 Å². The summed E-state index contributed by atoms with van der Waals surface area (Å²) in [4.78, 5) is 14.9. The molecule has 1 spiro atoms. The van der Waals surface area contributed by atoms with E-state index in [4.69, 9.17) is 4.74 Å². The van der Waals surface area contributed by atoms with Crippen LogP contribution in [0.4, 0.5) is 13.2 Å². The number of carbonyl (C=O) groups excluding carboxylic acids is 1. The van der Waals surface area contributed by atoms with Crippen molar-refractivity contribution in [2.24, 2.45) is 0 Å². The minimum Gasteiger partial charge on any atom is -0.496 e. The number of nitrogens with one attached hydrogen (secondary N) is 1. The van der Waals surface area contributed by atoms with Gasteiger partial charge in [-0.15, -0.1) is 0 Å². The fraction of sp³-hybridized carbons (Fsp3) is 0.542. The van der Waals surface area contributed by atoms with Crippen molar-refractivity contribution in [2.75, 3.05) is 33.4 Å². The first kappa shape index (κ1) is 23.6. The fourth-order valence-electron chi connectivity index (χ4n) is 5.05. The van der Waals surface area contributed by atoms with Crippen LogP contribution in [0.25, 0.3) is 0 Å². The molecule has 1 aromatic heterocycles. The molecule has 2 aliphatic heterocycles. The number of fused-ring (bicyclic) bond motifs is 2. The number of halogens is 3. The smallest absolute Gasteiger partial charge is 0.431 e. The minimum absolute atomic E-state index is 0.0599. The predicted octanol–water partition coefficient (Wildman–Crippen LogP) is 3.52. The molecular formula is C24H30F3N3O3. The molecule has 0 saturated carbocycles. The quantitative estimate of drug-likeness (QED) is 0.725. The lowest BCUT2D eigenvalue weighted by molar-refractivity contribution is -0.144. The summed E-state index contributed by atoms with van der Waals surface area (Å²) in [5.41, 5.74) is 0.251. The third-order valence-electron chi connectivity index (χ3n) is 7.04. The maximum atomic E-state index is 13.4. The van der Waals surface area contributed by atoms with E-state index in [0.717, 1.165) is 11.6 Å². The van der Waals surface area contributed by atoms with Crippen LogP contribution in [-0.2, 0) is 23.7 Å². The van der Waals surface area contributed by atoms with Gasteiger partial charge in [-0.1, -0.05) is 19.9 Å². The number of amides is 1. The molecule has 33 heavy (non-hydrogen) atoms. The topological polar surface area (TPSA) is 66.7 Å². The van der Waals surface area contributed by atoms with Gasteiger partial charge in [0.05, 0.1) is 19.3 Å². The van der Waals surface area contributed by atoms with Crippen molar-refractivity contribution < 1.29 is 27.8 Å². The summed E-state index contributed by atoms with van der Waals surface area (Å²) >= 11 is 0. The number of aliphatic hydroxyl groups excluding tert-OH is 1. The molecule has 2 aliphatic rings. The molecule has 1 amide bonds. The lowest BCUT2D eigenvalue weighted by atomic mass is 9.82. The van der Waals surface area contributed by atoms with Crippen molar-refractivity contribution in [1.29, 1.82) is 0 Å². The van der Waals surface area contributed by atoms with E-state index >= 15 is 0 Å². The molecule has 0 bridgehead atoms. The standard InChI is InChI=1S/C24H30F3N3O3/c1-22(2,15-31)17-5-4-16(14-18(17)33-3)21(32)29-11-8-23(9-12-29)19-6-7-20(24(25,26)27)30(19)13-10-28-23/h4-7,14,28,31H,8-13,15H2,1-3H3. The summed E-state index contributed by atoms with van der Waals surface area (Å²) in [6.45, 7) is 5.34. The normalized spacial score (nSPS) is 18.3. The van der Waals surface area contributed by atoms with Gasteiger partial charge < -0.3 is 24.6 Å². The van der Waals surface area contributed by atoms with Crippen LogP contribution in [0.5, 0.6) is 5.75 Å². The van der Waals surface area contributed by atoms with Gasteiger partial charge in [0.25, 0.3) is 5.91 Å². The van der Waals surface area contributed by atoms with Crippen LogP contribution in [0.2, 0.25) is 0 Å². The molecule has 6 nitrogen and oxygen atoms in total. The number of nitrogens with zero attached hydrogens (tertiary/aromatic N) is 2. The third-order valence-corrected chi connectivity index (χ3v) is 7.04. The zero-order valence-electron chi connectivity index (χ0n) is 19.1. The van der Waals surface area contributed by atoms with Gasteiger partial charge in [-0.05, 0) is 37.1 Å². The van der Waals surface area contributed by atoms with Gasteiger partial charge in [0.15, 0.2) is 0 Å². The number of methoxy groups -OCH3 is 1. The average Bonchev–Trinajstić information content (AvgIpc) is 3.25. The Balaban J connectivity index is 1.53. The van der Waals surface area contributed by atoms with E-state index in [-0.39, 0.29) is 19.1 Å². The van der Waals surface area contributed by atoms with Crippen molar-refractivity contribution in [2.45, 2.75) is 50.4 Å². The van der Waals surface area contributed by atoms with E-state index in [1.165, 1.54) is 11.7 Å². The highest BCUT2D eigenvalue weighted by molar-refractivity contribution is 5.95. The molecule has 1 saturated heterocycles. The van der Waals surface area contributed by atoms with E-state index in [0.29, 0.717) is 49.5 Å². The van der Waals surface area contributed by atoms with Crippen LogP contribution in [0.15, 0.2) is 30.3 Å². The zero-order chi connectivity index (χ0) is 24.0. The summed E-state index contributed by atoms with van der Waals surface area (Å²) in [5.74, 6) is 0.401. The lowest BCUT2D eigenvalue weighted by Gasteiger charge is -2.45. The molecular weight excluding hydrogens is 435 g/mol. The molecule has 1 aromatic carbocycles. The summed E-state index contributed by atoms with van der Waals surface area (Å²) in [5, 5.41) is 13.1. The van der Waals surface area contributed by atoms with E-state index in [9.17, 15) is 23.1 Å². The molecule has 0 unspecified atom stereocenters. The van der Waals surface area contributed by atoms with Crippen molar-refractivity contribution in [3.05, 3.63) is 52.8 Å². The van der Waals surface area contributed by atoms with Gasteiger partial charge in [0.1, 0.15) is 11.4 Å². The number of carbonyl (C=O) groups is 1. The van der Waals surface area contributed by atoms with Crippen LogP contribution in [-0.4, -0.2) is 53.8 Å². The highest BCUT2D eigenvalue weighted by Gasteiger charge is 2.44. The van der Waals surface area contributed by atoms with E-state index < -0.39 is 22.8 Å². The van der Waals surface area contributed by atoms with Crippen molar-refractivity contribution in [3.8, 4) is 5.75 Å². The van der Waals surface area contributed by atoms with E-state index in [1.807, 2.05) is 19.9 Å². The second-order valence-corrected chi connectivity index (χ2v) is 9.51. The first-order chi connectivity index (χ1) is 15.5. The Kier molecular flexibility index (Phi) is 5.99. The van der Waals surface area contributed by atoms with Crippen LogP contribution in [0.3, 0.4) is 0 Å². The average molecular weight is 466 g/mol. The molecule has 3 heterocycles. The maximum Gasteiger partial charge on any atom is 0.431 e. The van der Waals surface area contributed by atoms with Crippen LogP contribution >= 0.6 is 0 Å². The summed E-state index contributed by atoms with van der Waals surface area (Å²) < 4.78 is 47.0. The second kappa shape index (κ2) is 8.36. The van der Waals surface area contributed by atoms with Gasteiger partial charge in [0, 0.05) is 48.4 Å². The number of likely N-dealkylation sites (tertiary alicyclic amines) is 1. The zero-order valence-corrected chi connectivity index (χ0v) is 19.1. The summed E-state index contributed by atoms with van der Waals surface area (Å²) in [6, 6.07) is 7.96. The first-order valence-corrected chi connectivity index (χ1v) is 11.1. The Labute approximate surface area is 191 Å². The fourth-order valence-corrected chi connectivity index (χ4v) is 5.05. The number of aliphatic hydroxyl groups is 1. The van der Waals surface area contributed by atoms with Gasteiger partial charge in [-0.2, -0.15) is 13.2 Å². The molecule has 180 valence electrons. The Morgan fingerprint density at radius 2 is 1.85 bits per heavy atom. The molecule has 9 heteroatoms. The van der Waals surface area contributed by atoms with Crippen molar-refractivity contribution in [1.82, 2.24) is 14.8 Å². The second-order valence-electron chi connectivity index (χ2n) is 9.51. The Bertz CT molecular complexity index is 1040. The van der Waals surface area contributed by atoms with Crippen LogP contribution in [0.1, 0.15) is 54.0 Å². The monoisotopic (exact) mass is 465 g/mol. The molecule has 2 N–H and O–H groups in total. The Morgan fingerprint density at radius 3 is 2.45 bits per heavy atom. The Hall–Kier alpha value is -2.52.